The summed E-state index contributed by atoms with van der Waals surface area (Å²) in [7, 11) is 0. The molecule has 0 unspecified atom stereocenters. The number of benzene rings is 1. The third-order valence-electron chi connectivity index (χ3n) is 0.940. The van der Waals surface area contributed by atoms with Gasteiger partial charge in [0.2, 0.25) is 0 Å². The summed E-state index contributed by atoms with van der Waals surface area (Å²) < 4.78 is 15.4. The second-order valence-electron chi connectivity index (χ2n) is 1.74. The van der Waals surface area contributed by atoms with E-state index in [2.05, 4.69) is 19.1 Å². The Labute approximate surface area is 113 Å². The second-order valence-corrected chi connectivity index (χ2v) is 1.90. The van der Waals surface area contributed by atoms with E-state index in [4.69, 9.17) is 8.76 Å². The predicted octanol–water partition coefficient (Wildman–Crippen LogP) is 0.751. The van der Waals surface area contributed by atoms with Crippen molar-refractivity contribution in [3.8, 4) is 0 Å². The first-order valence-electron chi connectivity index (χ1n) is 2.79. The fraction of sp³-hybridized carbons (Fsp3) is 0.143. The first-order valence-corrected chi connectivity index (χ1v) is 3.56. The van der Waals surface area contributed by atoms with E-state index in [1.807, 2.05) is 18.2 Å². The molecular weight excluding hydrogens is 187 g/mol. The van der Waals surface area contributed by atoms with Gasteiger partial charge in [0.15, 0.2) is 0 Å². The topological polar surface area (TPSA) is 37.3 Å². The molecule has 1 N–H and O–H groups in total. The van der Waals surface area contributed by atoms with Gasteiger partial charge in [0.05, 0.1) is 0 Å². The van der Waals surface area contributed by atoms with E-state index in [-0.39, 0.29) is 51.4 Å². The Balaban J connectivity index is 0. The van der Waals surface area contributed by atoms with Crippen LogP contribution in [0.1, 0.15) is 5.56 Å². The van der Waals surface area contributed by atoms with Crippen LogP contribution in [0.3, 0.4) is 0 Å². The van der Waals surface area contributed by atoms with Crippen molar-refractivity contribution in [2.24, 2.45) is 0 Å². The molecular formula is C7H11KO2S. The van der Waals surface area contributed by atoms with Crippen molar-refractivity contribution < 1.29 is 8.76 Å². The summed E-state index contributed by atoms with van der Waals surface area (Å²) in [6, 6.07) is 10.3. The van der Waals surface area contributed by atoms with E-state index in [1.165, 1.54) is 5.56 Å². The van der Waals surface area contributed by atoms with Crippen LogP contribution >= 0.6 is 0 Å². The van der Waals surface area contributed by atoms with Gasteiger partial charge in [0, 0.05) is 0 Å². The van der Waals surface area contributed by atoms with Gasteiger partial charge in [-0.3, -0.25) is 0 Å². The monoisotopic (exact) mass is 198 g/mol. The molecule has 2 nitrogen and oxygen atoms in total. The zero-order valence-electron chi connectivity index (χ0n) is 5.69. The Hall–Kier alpha value is 0.966. The van der Waals surface area contributed by atoms with E-state index in [0.29, 0.717) is 0 Å². The van der Waals surface area contributed by atoms with Crippen LogP contribution < -0.4 is 0 Å². The zero-order valence-corrected chi connectivity index (χ0v) is 6.58. The summed E-state index contributed by atoms with van der Waals surface area (Å²) in [6.07, 6.45) is 0. The molecule has 0 atom stereocenters. The van der Waals surface area contributed by atoms with Gasteiger partial charge in [-0.1, -0.05) is 35.9 Å². The Morgan fingerprint density at radius 1 is 1.27 bits per heavy atom. The molecule has 0 fully saturated rings. The Kier molecular flexibility index (Phi) is 14.4. The van der Waals surface area contributed by atoms with Crippen LogP contribution in [0.25, 0.3) is 0 Å². The third kappa shape index (κ3) is 11.0. The van der Waals surface area contributed by atoms with Crippen LogP contribution in [0.2, 0.25) is 0 Å². The molecule has 0 saturated carbocycles. The maximum absolute atomic E-state index is 8.46. The first kappa shape index (κ1) is 14.5. The van der Waals surface area contributed by atoms with Gasteiger partial charge in [-0.15, -0.1) is 0 Å². The van der Waals surface area contributed by atoms with Gasteiger partial charge in [-0.25, -0.2) is 4.21 Å². The molecule has 0 aromatic heterocycles. The van der Waals surface area contributed by atoms with Gasteiger partial charge in [-0.2, -0.15) is 0 Å². The molecule has 0 saturated heterocycles. The fourth-order valence-corrected chi connectivity index (χ4v) is 0.534. The minimum absolute atomic E-state index is 0. The molecule has 0 radical (unpaired) electrons. The second kappa shape index (κ2) is 11.0. The van der Waals surface area contributed by atoms with Crippen molar-refractivity contribution in [1.29, 1.82) is 0 Å². The zero-order chi connectivity index (χ0) is 7.82. The van der Waals surface area contributed by atoms with Gasteiger partial charge >= 0.3 is 51.4 Å². The summed E-state index contributed by atoms with van der Waals surface area (Å²) >= 11 is -0.833. The molecule has 0 aliphatic rings. The average Bonchev–Trinajstić information content (AvgIpc) is 1.91. The minimum atomic E-state index is -0.833. The summed E-state index contributed by atoms with van der Waals surface area (Å²) in [5.74, 6) is 0. The Bertz CT molecular complexity index is 179. The molecule has 1 rings (SSSR count). The van der Waals surface area contributed by atoms with Crippen molar-refractivity contribution in [1.82, 2.24) is 0 Å². The van der Waals surface area contributed by atoms with Gasteiger partial charge in [0.1, 0.15) is 11.9 Å². The van der Waals surface area contributed by atoms with E-state index in [0.717, 1.165) is 0 Å². The predicted molar refractivity (Wildman–Crippen MR) is 50.5 cm³/mol. The molecule has 1 aromatic rings. The molecule has 0 heterocycles. The summed E-state index contributed by atoms with van der Waals surface area (Å²) in [5.41, 5.74) is 1.32. The summed E-state index contributed by atoms with van der Waals surface area (Å²) in [6.45, 7) is 2.08. The number of aryl methyl sites for hydroxylation is 1. The molecule has 0 aliphatic heterocycles. The summed E-state index contributed by atoms with van der Waals surface area (Å²) in [4.78, 5) is 0. The van der Waals surface area contributed by atoms with Crippen molar-refractivity contribution in [3.63, 3.8) is 0 Å². The normalized spacial score (nSPS) is 7.09. The molecule has 4 heteroatoms. The van der Waals surface area contributed by atoms with Crippen LogP contribution in [0.15, 0.2) is 30.3 Å². The van der Waals surface area contributed by atoms with E-state index in [1.54, 1.807) is 0 Å². The van der Waals surface area contributed by atoms with Crippen LogP contribution in [0.4, 0.5) is 0 Å². The molecule has 0 spiro atoms. The van der Waals surface area contributed by atoms with Crippen LogP contribution in [0.5, 0.6) is 0 Å². The van der Waals surface area contributed by atoms with Crippen molar-refractivity contribution in [2.75, 3.05) is 0 Å². The Morgan fingerprint density at radius 3 is 1.82 bits per heavy atom. The first-order chi connectivity index (χ1) is 4.81. The maximum atomic E-state index is 8.46. The van der Waals surface area contributed by atoms with Crippen molar-refractivity contribution in [2.45, 2.75) is 6.92 Å². The molecule has 1 aromatic carbocycles. The third-order valence-corrected chi connectivity index (χ3v) is 0.940. The van der Waals surface area contributed by atoms with Crippen LogP contribution in [0, 0.1) is 6.92 Å². The van der Waals surface area contributed by atoms with Gasteiger partial charge < -0.3 is 4.55 Å². The SMILES string of the molecule is Cc1ccccc1.O=[SH]O.[KH]. The summed E-state index contributed by atoms with van der Waals surface area (Å²) in [5, 5.41) is 0. The van der Waals surface area contributed by atoms with Crippen molar-refractivity contribution >= 4 is 63.3 Å². The fourth-order valence-electron chi connectivity index (χ4n) is 0.534. The quantitative estimate of drug-likeness (QED) is 0.367. The molecule has 58 valence electrons. The Morgan fingerprint density at radius 2 is 1.64 bits per heavy atom. The average molecular weight is 198 g/mol. The van der Waals surface area contributed by atoms with Gasteiger partial charge in [-0.05, 0) is 6.92 Å². The van der Waals surface area contributed by atoms with E-state index < -0.39 is 11.9 Å². The molecule has 11 heavy (non-hydrogen) atoms. The standard InChI is InChI=1S/C7H8.K.H2O2S.H/c1-7-5-3-2-4-6-7;;1-3-2;/h2-6H,1H3;;3H,(H,1,2);. The number of hydrogen-bond donors (Lipinski definition) is 2. The number of hydrogen-bond acceptors (Lipinski definition) is 1. The van der Waals surface area contributed by atoms with Crippen molar-refractivity contribution in [3.05, 3.63) is 35.9 Å². The molecule has 0 aliphatic carbocycles. The molecule has 0 amide bonds. The van der Waals surface area contributed by atoms with E-state index in [9.17, 15) is 0 Å². The van der Waals surface area contributed by atoms with Crippen LogP contribution in [-0.4, -0.2) is 60.1 Å². The van der Waals surface area contributed by atoms with Gasteiger partial charge in [0.25, 0.3) is 0 Å². The van der Waals surface area contributed by atoms with E-state index >= 15 is 0 Å². The molecule has 0 bridgehead atoms. The number of thiol groups is 1. The van der Waals surface area contributed by atoms with Crippen LogP contribution in [-0.2, 0) is 11.9 Å². The number of rotatable bonds is 0.